The van der Waals surface area contributed by atoms with E-state index in [4.69, 9.17) is 11.6 Å². The normalized spacial score (nSPS) is 11.0. The number of carbonyl (C=O) groups excluding carboxylic acids is 1. The number of hydrogen-bond donors (Lipinski definition) is 1. The average molecular weight is 394 g/mol. The molecule has 0 bridgehead atoms. The van der Waals surface area contributed by atoms with Crippen molar-refractivity contribution in [2.24, 2.45) is 0 Å². The first-order valence-corrected chi connectivity index (χ1v) is 10.4. The van der Waals surface area contributed by atoms with Crippen LogP contribution in [0.3, 0.4) is 0 Å². The second kappa shape index (κ2) is 10.6. The van der Waals surface area contributed by atoms with Gasteiger partial charge < -0.3 is 5.32 Å². The Hall–Kier alpha value is -1.52. The van der Waals surface area contributed by atoms with Crippen LogP contribution in [-0.4, -0.2) is 18.2 Å². The molecule has 0 aliphatic heterocycles. The standard InChI is InChI=1S/C21H25ClFNOS/c1-15(2)17-9-6-16(7-10-17)8-11-21(25)24-12-13-26-14-18-19(22)4-3-5-20(18)23/h3-7,9-10,15H,8,11-14H2,1-2H3,(H,24,25). The van der Waals surface area contributed by atoms with E-state index < -0.39 is 0 Å². The molecule has 0 spiro atoms. The fraction of sp³-hybridized carbons (Fsp3) is 0.381. The van der Waals surface area contributed by atoms with Gasteiger partial charge >= 0.3 is 0 Å². The van der Waals surface area contributed by atoms with Gasteiger partial charge in [-0.3, -0.25) is 4.79 Å². The lowest BCUT2D eigenvalue weighted by Gasteiger charge is -2.08. The first-order valence-electron chi connectivity index (χ1n) is 8.83. The summed E-state index contributed by atoms with van der Waals surface area (Å²) in [7, 11) is 0. The fourth-order valence-electron chi connectivity index (χ4n) is 2.52. The summed E-state index contributed by atoms with van der Waals surface area (Å²) in [6.45, 7) is 4.91. The van der Waals surface area contributed by atoms with E-state index in [1.165, 1.54) is 17.2 Å². The third-order valence-corrected chi connectivity index (χ3v) is 5.50. The van der Waals surface area contributed by atoms with E-state index in [0.717, 1.165) is 12.2 Å². The van der Waals surface area contributed by atoms with Gasteiger partial charge in [-0.2, -0.15) is 11.8 Å². The molecule has 0 atom stereocenters. The van der Waals surface area contributed by atoms with Crippen LogP contribution >= 0.6 is 23.4 Å². The van der Waals surface area contributed by atoms with Gasteiger partial charge in [0.25, 0.3) is 0 Å². The van der Waals surface area contributed by atoms with Crippen molar-refractivity contribution in [3.05, 3.63) is 70.0 Å². The molecular weight excluding hydrogens is 369 g/mol. The first kappa shape index (κ1) is 20.8. The topological polar surface area (TPSA) is 29.1 Å². The van der Waals surface area contributed by atoms with Crippen LogP contribution in [0.4, 0.5) is 4.39 Å². The van der Waals surface area contributed by atoms with E-state index in [0.29, 0.717) is 35.2 Å². The fourth-order valence-corrected chi connectivity index (χ4v) is 3.72. The molecule has 0 radical (unpaired) electrons. The van der Waals surface area contributed by atoms with Crippen molar-refractivity contribution >= 4 is 29.3 Å². The van der Waals surface area contributed by atoms with Crippen molar-refractivity contribution < 1.29 is 9.18 Å². The van der Waals surface area contributed by atoms with Crippen LogP contribution in [0, 0.1) is 5.82 Å². The van der Waals surface area contributed by atoms with E-state index >= 15 is 0 Å². The van der Waals surface area contributed by atoms with E-state index in [9.17, 15) is 9.18 Å². The molecule has 0 aromatic heterocycles. The molecule has 0 saturated carbocycles. The smallest absolute Gasteiger partial charge is 0.220 e. The number of nitrogens with one attached hydrogen (secondary N) is 1. The summed E-state index contributed by atoms with van der Waals surface area (Å²) in [6.07, 6.45) is 1.22. The Labute approximate surface area is 164 Å². The highest BCUT2D eigenvalue weighted by atomic mass is 35.5. The summed E-state index contributed by atoms with van der Waals surface area (Å²) in [5.74, 6) is 1.51. The predicted octanol–water partition coefficient (Wildman–Crippen LogP) is 5.58. The van der Waals surface area contributed by atoms with Crippen LogP contribution < -0.4 is 5.32 Å². The molecule has 0 fully saturated rings. The van der Waals surface area contributed by atoms with Gasteiger partial charge in [0.2, 0.25) is 5.91 Å². The summed E-state index contributed by atoms with van der Waals surface area (Å²) in [4.78, 5) is 11.9. The molecule has 0 aliphatic rings. The number of hydrogen-bond acceptors (Lipinski definition) is 2. The SMILES string of the molecule is CC(C)c1ccc(CCC(=O)NCCSCc2c(F)cccc2Cl)cc1. The van der Waals surface area contributed by atoms with Crippen molar-refractivity contribution in [1.29, 1.82) is 0 Å². The van der Waals surface area contributed by atoms with Gasteiger partial charge in [-0.1, -0.05) is 55.8 Å². The van der Waals surface area contributed by atoms with Crippen molar-refractivity contribution in [1.82, 2.24) is 5.32 Å². The lowest BCUT2D eigenvalue weighted by atomic mass is 10.0. The average Bonchev–Trinajstić information content (AvgIpc) is 2.62. The minimum absolute atomic E-state index is 0.0439. The second-order valence-electron chi connectivity index (χ2n) is 6.50. The number of amides is 1. The maximum Gasteiger partial charge on any atom is 0.220 e. The van der Waals surface area contributed by atoms with E-state index in [2.05, 4.69) is 43.4 Å². The molecule has 2 aromatic carbocycles. The number of halogens is 2. The van der Waals surface area contributed by atoms with Crippen molar-refractivity contribution in [3.63, 3.8) is 0 Å². The second-order valence-corrected chi connectivity index (χ2v) is 8.01. The highest BCUT2D eigenvalue weighted by Crippen LogP contribution is 2.23. The van der Waals surface area contributed by atoms with Crippen molar-refractivity contribution in [2.45, 2.75) is 38.4 Å². The van der Waals surface area contributed by atoms with Gasteiger partial charge in [0, 0.05) is 35.1 Å². The lowest BCUT2D eigenvalue weighted by Crippen LogP contribution is -2.25. The maximum absolute atomic E-state index is 13.7. The van der Waals surface area contributed by atoms with E-state index in [1.54, 1.807) is 23.9 Å². The summed E-state index contributed by atoms with van der Waals surface area (Å²) in [6, 6.07) is 13.1. The van der Waals surface area contributed by atoms with Gasteiger partial charge in [0.1, 0.15) is 5.82 Å². The maximum atomic E-state index is 13.7. The molecule has 2 aromatic rings. The van der Waals surface area contributed by atoms with Gasteiger partial charge in [-0.15, -0.1) is 0 Å². The summed E-state index contributed by atoms with van der Waals surface area (Å²) in [5, 5.41) is 3.36. The molecule has 2 nitrogen and oxygen atoms in total. The molecule has 0 saturated heterocycles. The van der Waals surface area contributed by atoms with Crippen LogP contribution in [0.5, 0.6) is 0 Å². The zero-order chi connectivity index (χ0) is 18.9. The summed E-state index contributed by atoms with van der Waals surface area (Å²) < 4.78 is 13.7. The van der Waals surface area contributed by atoms with E-state index in [-0.39, 0.29) is 11.7 Å². The quantitative estimate of drug-likeness (QED) is 0.563. The largest absolute Gasteiger partial charge is 0.355 e. The Bertz CT molecular complexity index is 698. The predicted molar refractivity (Wildman–Crippen MR) is 109 cm³/mol. The number of carbonyl (C=O) groups is 1. The molecule has 0 heterocycles. The Morgan fingerprint density at radius 1 is 1.19 bits per heavy atom. The van der Waals surface area contributed by atoms with Crippen LogP contribution in [0.1, 0.15) is 42.9 Å². The lowest BCUT2D eigenvalue weighted by molar-refractivity contribution is -0.120. The van der Waals surface area contributed by atoms with Crippen LogP contribution in [-0.2, 0) is 17.0 Å². The van der Waals surface area contributed by atoms with E-state index in [1.807, 2.05) is 0 Å². The molecule has 26 heavy (non-hydrogen) atoms. The third-order valence-electron chi connectivity index (χ3n) is 4.16. The number of rotatable bonds is 9. The molecule has 5 heteroatoms. The molecule has 0 unspecified atom stereocenters. The Kier molecular flexibility index (Phi) is 8.46. The minimum Gasteiger partial charge on any atom is -0.355 e. The molecule has 140 valence electrons. The van der Waals surface area contributed by atoms with Gasteiger partial charge in [0.15, 0.2) is 0 Å². The van der Waals surface area contributed by atoms with Gasteiger partial charge in [0.05, 0.1) is 0 Å². The third kappa shape index (κ3) is 6.65. The van der Waals surface area contributed by atoms with Crippen LogP contribution in [0.2, 0.25) is 5.02 Å². The molecule has 1 amide bonds. The molecule has 2 rings (SSSR count). The molecular formula is C21H25ClFNOS. The molecule has 0 aliphatic carbocycles. The molecule has 1 N–H and O–H groups in total. The van der Waals surface area contributed by atoms with Gasteiger partial charge in [-0.25, -0.2) is 4.39 Å². The number of aryl methyl sites for hydroxylation is 1. The minimum atomic E-state index is -0.280. The number of benzene rings is 2. The first-order chi connectivity index (χ1) is 12.5. The van der Waals surface area contributed by atoms with Crippen LogP contribution in [0.25, 0.3) is 0 Å². The highest BCUT2D eigenvalue weighted by molar-refractivity contribution is 7.98. The Morgan fingerprint density at radius 3 is 2.58 bits per heavy atom. The van der Waals surface area contributed by atoms with Gasteiger partial charge in [-0.05, 0) is 35.6 Å². The monoisotopic (exact) mass is 393 g/mol. The summed E-state index contributed by atoms with van der Waals surface area (Å²) >= 11 is 7.55. The Balaban J connectivity index is 1.63. The zero-order valence-corrected chi connectivity index (χ0v) is 16.8. The highest BCUT2D eigenvalue weighted by Gasteiger charge is 2.07. The Morgan fingerprint density at radius 2 is 1.92 bits per heavy atom. The summed E-state index contributed by atoms with van der Waals surface area (Å²) in [5.41, 5.74) is 3.01. The van der Waals surface area contributed by atoms with Crippen LogP contribution in [0.15, 0.2) is 42.5 Å². The zero-order valence-electron chi connectivity index (χ0n) is 15.2. The van der Waals surface area contributed by atoms with Crippen molar-refractivity contribution in [2.75, 3.05) is 12.3 Å². The number of thioether (sulfide) groups is 1. The van der Waals surface area contributed by atoms with Crippen molar-refractivity contribution in [3.8, 4) is 0 Å².